The zero-order valence-electron chi connectivity index (χ0n) is 17.4. The number of pyridine rings is 2. The van der Waals surface area contributed by atoms with E-state index in [0.717, 1.165) is 25.1 Å². The summed E-state index contributed by atoms with van der Waals surface area (Å²) < 4.78 is 14.0. The van der Waals surface area contributed by atoms with Crippen LogP contribution in [0.15, 0.2) is 24.4 Å². The second-order valence-corrected chi connectivity index (χ2v) is 8.48. The Bertz CT molecular complexity index is 1120. The molecule has 2 fully saturated rings. The van der Waals surface area contributed by atoms with Crippen LogP contribution in [0, 0.1) is 24.1 Å². The Labute approximate surface area is 179 Å². The van der Waals surface area contributed by atoms with E-state index in [1.807, 2.05) is 13.0 Å². The molecule has 0 amide bonds. The Morgan fingerprint density at radius 3 is 2.74 bits per heavy atom. The van der Waals surface area contributed by atoms with Crippen LogP contribution in [0.5, 0.6) is 0 Å². The van der Waals surface area contributed by atoms with Crippen LogP contribution in [-0.2, 0) is 0 Å². The van der Waals surface area contributed by atoms with Crippen LogP contribution >= 0.6 is 0 Å². The van der Waals surface area contributed by atoms with Crippen molar-refractivity contribution in [1.29, 1.82) is 5.26 Å². The molecule has 3 aromatic heterocycles. The van der Waals surface area contributed by atoms with Gasteiger partial charge in [-0.2, -0.15) is 10.4 Å². The fourth-order valence-electron chi connectivity index (χ4n) is 5.01. The normalized spacial score (nSPS) is 23.1. The molecule has 0 spiro atoms. The van der Waals surface area contributed by atoms with E-state index < -0.39 is 0 Å². The number of piperidine rings is 1. The number of hydrogen-bond donors (Lipinski definition) is 3. The lowest BCUT2D eigenvalue weighted by Crippen LogP contribution is -2.47. The Morgan fingerprint density at radius 1 is 1.23 bits per heavy atom. The number of aromatic nitrogens is 4. The summed E-state index contributed by atoms with van der Waals surface area (Å²) >= 11 is 0. The van der Waals surface area contributed by atoms with Crippen LogP contribution < -0.4 is 10.6 Å². The van der Waals surface area contributed by atoms with Crippen molar-refractivity contribution in [1.82, 2.24) is 25.1 Å². The first-order chi connectivity index (χ1) is 15.1. The standard InChI is InChI=1S/C22H25FN8/c1-13-7-21(30-29-13)27-20-11-19-18(8-14(23)12-25-19)22(28-20)26-15-9-16-3-4-17(10-15)31(16)6-2-5-24/h7-8,11-12,15-17H,2-4,6,9-10H2,1H3,(H3,26,27,28,29,30). The van der Waals surface area contributed by atoms with Gasteiger partial charge >= 0.3 is 0 Å². The topological polar surface area (TPSA) is 106 Å². The van der Waals surface area contributed by atoms with Crippen LogP contribution in [0.2, 0.25) is 0 Å². The maximum atomic E-state index is 14.0. The minimum atomic E-state index is -0.382. The Hall–Kier alpha value is -3.25. The molecule has 2 unspecified atom stereocenters. The molecule has 3 aromatic rings. The molecular formula is C22H25FN8. The van der Waals surface area contributed by atoms with Gasteiger partial charge in [0.2, 0.25) is 0 Å². The molecule has 31 heavy (non-hydrogen) atoms. The summed E-state index contributed by atoms with van der Waals surface area (Å²) in [5.74, 6) is 1.53. The van der Waals surface area contributed by atoms with Crippen molar-refractivity contribution < 1.29 is 4.39 Å². The van der Waals surface area contributed by atoms with E-state index in [9.17, 15) is 4.39 Å². The fraction of sp³-hybridized carbons (Fsp3) is 0.455. The highest BCUT2D eigenvalue weighted by molar-refractivity contribution is 5.91. The van der Waals surface area contributed by atoms with Crippen molar-refractivity contribution in [2.75, 3.05) is 17.2 Å². The summed E-state index contributed by atoms with van der Waals surface area (Å²) in [5.41, 5.74) is 1.61. The number of rotatable bonds is 6. The van der Waals surface area contributed by atoms with E-state index in [-0.39, 0.29) is 11.9 Å². The van der Waals surface area contributed by atoms with Crippen molar-refractivity contribution in [3.63, 3.8) is 0 Å². The van der Waals surface area contributed by atoms with Gasteiger partial charge in [0.1, 0.15) is 17.5 Å². The average molecular weight is 420 g/mol. The minimum Gasteiger partial charge on any atom is -0.367 e. The first-order valence-corrected chi connectivity index (χ1v) is 10.7. The van der Waals surface area contributed by atoms with E-state index in [1.54, 1.807) is 6.07 Å². The maximum Gasteiger partial charge on any atom is 0.153 e. The lowest BCUT2D eigenvalue weighted by Gasteiger charge is -2.39. The molecule has 160 valence electrons. The zero-order chi connectivity index (χ0) is 21.4. The Kier molecular flexibility index (Phi) is 5.16. The summed E-state index contributed by atoms with van der Waals surface area (Å²) in [6, 6.07) is 8.66. The smallest absolute Gasteiger partial charge is 0.153 e. The molecule has 5 rings (SSSR count). The molecule has 0 saturated carbocycles. The van der Waals surface area contributed by atoms with Gasteiger partial charge in [0, 0.05) is 54.3 Å². The average Bonchev–Trinajstić information content (AvgIpc) is 3.25. The zero-order valence-corrected chi connectivity index (χ0v) is 17.4. The van der Waals surface area contributed by atoms with Crippen LogP contribution in [-0.4, -0.2) is 49.7 Å². The van der Waals surface area contributed by atoms with Gasteiger partial charge in [0.25, 0.3) is 0 Å². The summed E-state index contributed by atoms with van der Waals surface area (Å²) in [4.78, 5) is 11.5. The Balaban J connectivity index is 1.41. The highest BCUT2D eigenvalue weighted by Crippen LogP contribution is 2.37. The largest absolute Gasteiger partial charge is 0.367 e. The van der Waals surface area contributed by atoms with E-state index in [4.69, 9.17) is 10.2 Å². The molecule has 3 N–H and O–H groups in total. The second-order valence-electron chi connectivity index (χ2n) is 8.48. The van der Waals surface area contributed by atoms with Crippen LogP contribution in [0.25, 0.3) is 10.9 Å². The lowest BCUT2D eigenvalue weighted by atomic mass is 9.97. The summed E-state index contributed by atoms with van der Waals surface area (Å²) in [7, 11) is 0. The number of nitrogens with one attached hydrogen (secondary N) is 3. The summed E-state index contributed by atoms with van der Waals surface area (Å²) in [6.07, 6.45) is 6.11. The number of hydrogen-bond acceptors (Lipinski definition) is 7. The van der Waals surface area contributed by atoms with Gasteiger partial charge in [-0.15, -0.1) is 0 Å². The number of nitriles is 1. The van der Waals surface area contributed by atoms with Gasteiger partial charge in [-0.3, -0.25) is 15.0 Å². The number of aromatic amines is 1. The highest BCUT2D eigenvalue weighted by atomic mass is 19.1. The third-order valence-corrected chi connectivity index (χ3v) is 6.32. The first-order valence-electron chi connectivity index (χ1n) is 10.7. The molecule has 0 aromatic carbocycles. The van der Waals surface area contributed by atoms with E-state index >= 15 is 0 Å². The van der Waals surface area contributed by atoms with Crippen molar-refractivity contribution >= 4 is 28.4 Å². The van der Waals surface area contributed by atoms with Crippen molar-refractivity contribution in [2.45, 2.75) is 57.2 Å². The molecule has 9 heteroatoms. The predicted octanol–water partition coefficient (Wildman–Crippen LogP) is 3.87. The lowest BCUT2D eigenvalue weighted by molar-refractivity contribution is 0.136. The van der Waals surface area contributed by atoms with Gasteiger partial charge in [-0.05, 0) is 38.7 Å². The predicted molar refractivity (Wildman–Crippen MR) is 116 cm³/mol. The molecule has 2 aliphatic rings. The highest BCUT2D eigenvalue weighted by Gasteiger charge is 2.40. The summed E-state index contributed by atoms with van der Waals surface area (Å²) in [5, 5.41) is 23.5. The molecule has 5 heterocycles. The van der Waals surface area contributed by atoms with Gasteiger partial charge in [0.15, 0.2) is 5.82 Å². The monoisotopic (exact) mass is 420 g/mol. The number of halogens is 1. The van der Waals surface area contributed by atoms with Crippen molar-refractivity contribution in [3.8, 4) is 6.07 Å². The van der Waals surface area contributed by atoms with Gasteiger partial charge < -0.3 is 10.6 Å². The van der Waals surface area contributed by atoms with Gasteiger partial charge in [0.05, 0.1) is 17.8 Å². The van der Waals surface area contributed by atoms with Gasteiger partial charge in [-0.1, -0.05) is 0 Å². The number of aryl methyl sites for hydroxylation is 1. The molecule has 8 nitrogen and oxygen atoms in total. The number of anilines is 3. The molecule has 2 aliphatic heterocycles. The third-order valence-electron chi connectivity index (χ3n) is 6.32. The van der Waals surface area contributed by atoms with Crippen LogP contribution in [0.3, 0.4) is 0 Å². The molecule has 2 saturated heterocycles. The molecule has 2 atom stereocenters. The van der Waals surface area contributed by atoms with E-state index in [1.165, 1.54) is 25.1 Å². The molecular weight excluding hydrogens is 395 g/mol. The molecule has 2 bridgehead atoms. The number of fused-ring (bicyclic) bond motifs is 3. The third kappa shape index (κ3) is 4.03. The van der Waals surface area contributed by atoms with Crippen molar-refractivity contribution in [2.24, 2.45) is 0 Å². The van der Waals surface area contributed by atoms with Crippen molar-refractivity contribution in [3.05, 3.63) is 35.9 Å². The fourth-order valence-corrected chi connectivity index (χ4v) is 5.01. The molecule has 0 radical (unpaired) electrons. The second kappa shape index (κ2) is 8.12. The SMILES string of the molecule is Cc1cc(Nc2cc3ncc(F)cc3c(NC3CC4CCC(C3)N4CCC#N)n2)n[nH]1. The Morgan fingerprint density at radius 2 is 2.03 bits per heavy atom. The van der Waals surface area contributed by atoms with E-state index in [0.29, 0.717) is 46.9 Å². The molecule has 0 aliphatic carbocycles. The number of nitrogens with zero attached hydrogens (tertiary/aromatic N) is 5. The number of H-pyrrole nitrogens is 1. The van der Waals surface area contributed by atoms with Crippen LogP contribution in [0.1, 0.15) is 37.8 Å². The summed E-state index contributed by atoms with van der Waals surface area (Å²) in [6.45, 7) is 2.78. The minimum absolute atomic E-state index is 0.248. The quantitative estimate of drug-likeness (QED) is 0.556. The maximum absolute atomic E-state index is 14.0. The van der Waals surface area contributed by atoms with E-state index in [2.05, 4.69) is 36.8 Å². The first kappa shape index (κ1) is 19.7. The van der Waals surface area contributed by atoms with Crippen LogP contribution in [0.4, 0.5) is 21.8 Å². The van der Waals surface area contributed by atoms with Gasteiger partial charge in [-0.25, -0.2) is 9.37 Å².